The molecule has 0 radical (unpaired) electrons. The van der Waals surface area contributed by atoms with Gasteiger partial charge >= 0.3 is 11.7 Å². The van der Waals surface area contributed by atoms with Crippen LogP contribution in [0.3, 0.4) is 0 Å². The van der Waals surface area contributed by atoms with Gasteiger partial charge in [-0.1, -0.05) is 12.1 Å². The summed E-state index contributed by atoms with van der Waals surface area (Å²) in [5, 5.41) is 8.77. The van der Waals surface area contributed by atoms with Crippen molar-refractivity contribution in [3.05, 3.63) is 62.4 Å². The molecule has 0 spiro atoms. The maximum atomic E-state index is 11.5. The molecule has 7 heteroatoms. The van der Waals surface area contributed by atoms with Crippen molar-refractivity contribution in [2.75, 3.05) is 5.73 Å². The van der Waals surface area contributed by atoms with Crippen LogP contribution in [0.4, 0.5) is 5.69 Å². The second-order valence-corrected chi connectivity index (χ2v) is 3.97. The number of nitrogen functional groups attached to an aromatic ring is 1. The van der Waals surface area contributed by atoms with E-state index in [2.05, 4.69) is 4.98 Å². The number of aromatic nitrogens is 2. The summed E-state index contributed by atoms with van der Waals surface area (Å²) in [6.45, 7) is 0.194. The Hall–Kier alpha value is -2.83. The van der Waals surface area contributed by atoms with Crippen LogP contribution in [0.25, 0.3) is 0 Å². The molecule has 2 aromatic rings. The van der Waals surface area contributed by atoms with Crippen molar-refractivity contribution in [2.45, 2.75) is 6.54 Å². The average Bonchev–Trinajstić information content (AvgIpc) is 2.36. The lowest BCUT2D eigenvalue weighted by molar-refractivity contribution is 0.0697. The van der Waals surface area contributed by atoms with Crippen molar-refractivity contribution in [1.82, 2.24) is 9.55 Å². The number of carboxylic acid groups (broad SMARTS) is 1. The molecular weight excluding hydrogens is 250 g/mol. The number of H-pyrrole nitrogens is 1. The third-order valence-electron chi connectivity index (χ3n) is 2.59. The Morgan fingerprint density at radius 1 is 1.26 bits per heavy atom. The van der Waals surface area contributed by atoms with Crippen molar-refractivity contribution in [3.8, 4) is 0 Å². The first-order valence-electron chi connectivity index (χ1n) is 5.39. The summed E-state index contributed by atoms with van der Waals surface area (Å²) in [6, 6.07) is 6.07. The Balaban J connectivity index is 2.31. The summed E-state index contributed by atoms with van der Waals surface area (Å²) >= 11 is 0. The van der Waals surface area contributed by atoms with Crippen LogP contribution in [-0.2, 0) is 6.54 Å². The maximum absolute atomic E-state index is 11.5. The molecule has 0 atom stereocenters. The van der Waals surface area contributed by atoms with E-state index >= 15 is 0 Å². The summed E-state index contributed by atoms with van der Waals surface area (Å²) in [7, 11) is 0. The number of benzene rings is 1. The first kappa shape index (κ1) is 12.6. The molecule has 1 aromatic carbocycles. The van der Waals surface area contributed by atoms with Gasteiger partial charge in [0, 0.05) is 6.20 Å². The van der Waals surface area contributed by atoms with Gasteiger partial charge < -0.3 is 10.8 Å². The van der Waals surface area contributed by atoms with Gasteiger partial charge in [-0.05, 0) is 17.7 Å². The zero-order valence-corrected chi connectivity index (χ0v) is 9.79. The molecule has 0 bridgehead atoms. The quantitative estimate of drug-likeness (QED) is 0.711. The summed E-state index contributed by atoms with van der Waals surface area (Å²) in [6.07, 6.45) is 1.26. The van der Waals surface area contributed by atoms with Crippen LogP contribution in [0.1, 0.15) is 15.9 Å². The first-order chi connectivity index (χ1) is 8.97. The van der Waals surface area contributed by atoms with Gasteiger partial charge in [0.15, 0.2) is 0 Å². The number of aromatic carboxylic acids is 1. The van der Waals surface area contributed by atoms with Crippen molar-refractivity contribution in [3.63, 3.8) is 0 Å². The molecule has 0 aliphatic heterocycles. The highest BCUT2D eigenvalue weighted by molar-refractivity contribution is 5.87. The van der Waals surface area contributed by atoms with Gasteiger partial charge in [0.25, 0.3) is 5.56 Å². The number of nitrogens with zero attached hydrogens (tertiary/aromatic N) is 1. The largest absolute Gasteiger partial charge is 0.478 e. The molecule has 19 heavy (non-hydrogen) atoms. The number of carbonyl (C=O) groups is 1. The lowest BCUT2D eigenvalue weighted by atomic mass is 10.1. The maximum Gasteiger partial charge on any atom is 0.335 e. The smallest absolute Gasteiger partial charge is 0.335 e. The van der Waals surface area contributed by atoms with Gasteiger partial charge in [-0.15, -0.1) is 0 Å². The minimum Gasteiger partial charge on any atom is -0.478 e. The van der Waals surface area contributed by atoms with E-state index in [4.69, 9.17) is 10.8 Å². The molecule has 1 heterocycles. The molecule has 0 aliphatic rings. The van der Waals surface area contributed by atoms with Crippen LogP contribution < -0.4 is 17.0 Å². The van der Waals surface area contributed by atoms with Gasteiger partial charge in [-0.2, -0.15) is 0 Å². The summed E-state index contributed by atoms with van der Waals surface area (Å²) in [5.41, 5.74) is 5.07. The van der Waals surface area contributed by atoms with Gasteiger partial charge in [0.1, 0.15) is 5.69 Å². The number of nitrogens with two attached hydrogens (primary N) is 1. The Kier molecular flexibility index (Phi) is 3.19. The molecule has 0 saturated carbocycles. The second-order valence-electron chi connectivity index (χ2n) is 3.97. The zero-order chi connectivity index (χ0) is 14.0. The topological polar surface area (TPSA) is 118 Å². The Labute approximate surface area is 106 Å². The first-order valence-corrected chi connectivity index (χ1v) is 5.39. The summed E-state index contributed by atoms with van der Waals surface area (Å²) in [4.78, 5) is 35.4. The normalized spacial score (nSPS) is 10.3. The van der Waals surface area contributed by atoms with E-state index in [9.17, 15) is 14.4 Å². The number of anilines is 1. The predicted molar refractivity (Wildman–Crippen MR) is 68.2 cm³/mol. The van der Waals surface area contributed by atoms with Gasteiger partial charge in [0.05, 0.1) is 12.1 Å². The summed E-state index contributed by atoms with van der Waals surface area (Å²) in [5.74, 6) is -1.02. The second kappa shape index (κ2) is 4.81. The Bertz CT molecular complexity index is 728. The molecule has 0 saturated heterocycles. The van der Waals surface area contributed by atoms with Crippen molar-refractivity contribution in [2.24, 2.45) is 0 Å². The third-order valence-corrected chi connectivity index (χ3v) is 2.59. The van der Waals surface area contributed by atoms with E-state index in [1.807, 2.05) is 0 Å². The molecule has 4 N–H and O–H groups in total. The lowest BCUT2D eigenvalue weighted by Crippen LogP contribution is -2.31. The molecule has 0 unspecified atom stereocenters. The Morgan fingerprint density at radius 3 is 2.47 bits per heavy atom. The van der Waals surface area contributed by atoms with Crippen molar-refractivity contribution < 1.29 is 9.90 Å². The molecule has 0 aliphatic carbocycles. The molecular formula is C12H11N3O4. The van der Waals surface area contributed by atoms with E-state index in [1.165, 1.54) is 22.9 Å². The highest BCUT2D eigenvalue weighted by Crippen LogP contribution is 2.05. The minimum absolute atomic E-state index is 0.0539. The van der Waals surface area contributed by atoms with Crippen LogP contribution in [0.15, 0.2) is 40.1 Å². The third kappa shape index (κ3) is 2.71. The van der Waals surface area contributed by atoms with Gasteiger partial charge in [-0.3, -0.25) is 14.3 Å². The molecule has 2 rings (SSSR count). The van der Waals surface area contributed by atoms with E-state index in [0.717, 1.165) is 5.56 Å². The SMILES string of the molecule is Nc1cn(Cc2ccc(C(=O)O)cc2)c(=O)[nH]c1=O. The van der Waals surface area contributed by atoms with Gasteiger partial charge in [-0.25, -0.2) is 9.59 Å². The van der Waals surface area contributed by atoms with E-state index in [0.29, 0.717) is 0 Å². The van der Waals surface area contributed by atoms with Gasteiger partial charge in [0.2, 0.25) is 0 Å². The van der Waals surface area contributed by atoms with Crippen LogP contribution in [0, 0.1) is 0 Å². The van der Waals surface area contributed by atoms with Crippen molar-refractivity contribution >= 4 is 11.7 Å². The monoisotopic (exact) mass is 261 g/mol. The molecule has 98 valence electrons. The molecule has 1 aromatic heterocycles. The van der Waals surface area contributed by atoms with Crippen LogP contribution in [0.2, 0.25) is 0 Å². The number of hydrogen-bond donors (Lipinski definition) is 3. The summed E-state index contributed by atoms with van der Waals surface area (Å²) < 4.78 is 1.24. The standard InChI is InChI=1S/C12H11N3O4/c13-9-6-15(12(19)14-10(9)16)5-7-1-3-8(4-2-7)11(17)18/h1-4,6H,5,13H2,(H,17,18)(H,14,16,19). The minimum atomic E-state index is -1.02. The fraction of sp³-hybridized carbons (Fsp3) is 0.0833. The molecule has 0 fully saturated rings. The van der Waals surface area contributed by atoms with Crippen LogP contribution in [0.5, 0.6) is 0 Å². The van der Waals surface area contributed by atoms with Crippen LogP contribution >= 0.6 is 0 Å². The highest BCUT2D eigenvalue weighted by Gasteiger charge is 2.04. The fourth-order valence-corrected chi connectivity index (χ4v) is 1.59. The van der Waals surface area contributed by atoms with E-state index < -0.39 is 17.2 Å². The number of rotatable bonds is 3. The van der Waals surface area contributed by atoms with E-state index in [1.54, 1.807) is 12.1 Å². The van der Waals surface area contributed by atoms with Crippen LogP contribution in [-0.4, -0.2) is 20.6 Å². The average molecular weight is 261 g/mol. The number of aromatic amines is 1. The number of hydrogen-bond acceptors (Lipinski definition) is 4. The predicted octanol–water partition coefficient (Wildman–Crippen LogP) is -0.135. The molecule has 7 nitrogen and oxygen atoms in total. The zero-order valence-electron chi connectivity index (χ0n) is 9.79. The lowest BCUT2D eigenvalue weighted by Gasteiger charge is -2.06. The van der Waals surface area contributed by atoms with E-state index in [-0.39, 0.29) is 17.8 Å². The number of carboxylic acids is 1. The number of nitrogens with one attached hydrogen (secondary N) is 1. The fourth-order valence-electron chi connectivity index (χ4n) is 1.59. The van der Waals surface area contributed by atoms with Crippen molar-refractivity contribution in [1.29, 1.82) is 0 Å². The Morgan fingerprint density at radius 2 is 1.89 bits per heavy atom. The molecule has 0 amide bonds. The highest BCUT2D eigenvalue weighted by atomic mass is 16.4.